The first kappa shape index (κ1) is 12.4. The maximum Gasteiger partial charge on any atom is 0.0642 e. The molecule has 1 aromatic rings. The minimum Gasteiger partial charge on any atom is -0.383 e. The van der Waals surface area contributed by atoms with Gasteiger partial charge in [-0.05, 0) is 37.5 Å². The summed E-state index contributed by atoms with van der Waals surface area (Å²) >= 11 is 0. The third-order valence-corrected chi connectivity index (χ3v) is 3.36. The van der Waals surface area contributed by atoms with Crippen molar-refractivity contribution in [3.63, 3.8) is 0 Å². The Balaban J connectivity index is 1.62. The van der Waals surface area contributed by atoms with Crippen LogP contribution in [0.15, 0.2) is 24.3 Å². The second kappa shape index (κ2) is 6.65. The van der Waals surface area contributed by atoms with Crippen molar-refractivity contribution in [3.05, 3.63) is 29.8 Å². The number of ether oxygens (including phenoxy) is 1. The Kier molecular flexibility index (Phi) is 4.87. The van der Waals surface area contributed by atoms with Crippen LogP contribution >= 0.6 is 0 Å². The largest absolute Gasteiger partial charge is 0.383 e. The van der Waals surface area contributed by atoms with Crippen molar-refractivity contribution in [3.8, 4) is 0 Å². The number of nitrogens with one attached hydrogen (secondary N) is 1. The van der Waals surface area contributed by atoms with Crippen molar-refractivity contribution < 1.29 is 4.74 Å². The first-order valence-electron chi connectivity index (χ1n) is 6.77. The molecule has 0 saturated heterocycles. The summed E-state index contributed by atoms with van der Waals surface area (Å²) in [4.78, 5) is 0. The van der Waals surface area contributed by atoms with Crippen molar-refractivity contribution in [2.24, 2.45) is 0 Å². The quantitative estimate of drug-likeness (QED) is 0.782. The summed E-state index contributed by atoms with van der Waals surface area (Å²) in [6, 6.07) is 8.47. The Bertz CT molecular complexity index is 331. The molecular formula is C15H23NO. The summed E-state index contributed by atoms with van der Waals surface area (Å²) in [7, 11) is 0. The molecule has 0 aliphatic heterocycles. The van der Waals surface area contributed by atoms with Gasteiger partial charge in [-0.2, -0.15) is 0 Å². The lowest BCUT2D eigenvalue weighted by molar-refractivity contribution is 0.0347. The predicted molar refractivity (Wildman–Crippen MR) is 72.5 cm³/mol. The van der Waals surface area contributed by atoms with Crippen molar-refractivity contribution in [1.82, 2.24) is 0 Å². The molecule has 1 aliphatic rings. The minimum atomic E-state index is 0.517. The van der Waals surface area contributed by atoms with Crippen molar-refractivity contribution in [2.45, 2.75) is 45.1 Å². The maximum absolute atomic E-state index is 5.87. The summed E-state index contributed by atoms with van der Waals surface area (Å²) in [6.45, 7) is 3.84. The van der Waals surface area contributed by atoms with Gasteiger partial charge in [0, 0.05) is 12.2 Å². The van der Waals surface area contributed by atoms with Gasteiger partial charge < -0.3 is 10.1 Å². The average molecular weight is 233 g/mol. The molecule has 1 aliphatic carbocycles. The Morgan fingerprint density at radius 2 is 2.06 bits per heavy atom. The molecule has 2 rings (SSSR count). The molecular weight excluding hydrogens is 210 g/mol. The third-order valence-electron chi connectivity index (χ3n) is 3.36. The van der Waals surface area contributed by atoms with Gasteiger partial charge in [-0.1, -0.05) is 31.4 Å². The van der Waals surface area contributed by atoms with Crippen LogP contribution in [-0.4, -0.2) is 19.3 Å². The summed E-state index contributed by atoms with van der Waals surface area (Å²) in [6.07, 6.45) is 7.10. The molecule has 1 saturated carbocycles. The summed E-state index contributed by atoms with van der Waals surface area (Å²) in [5, 5.41) is 3.40. The third kappa shape index (κ3) is 4.39. The zero-order chi connectivity index (χ0) is 11.9. The molecule has 0 atom stereocenters. The van der Waals surface area contributed by atoms with Crippen LogP contribution in [0.3, 0.4) is 0 Å². The van der Waals surface area contributed by atoms with E-state index in [0.717, 1.165) is 13.2 Å². The lowest BCUT2D eigenvalue weighted by Crippen LogP contribution is -2.20. The Hall–Kier alpha value is -1.02. The van der Waals surface area contributed by atoms with E-state index in [1.54, 1.807) is 0 Å². The number of anilines is 1. The van der Waals surface area contributed by atoms with Gasteiger partial charge in [0.1, 0.15) is 0 Å². The smallest absolute Gasteiger partial charge is 0.0642 e. The second-order valence-corrected chi connectivity index (χ2v) is 4.93. The summed E-state index contributed by atoms with van der Waals surface area (Å²) < 4.78 is 5.87. The molecule has 1 N–H and O–H groups in total. The predicted octanol–water partition coefficient (Wildman–Crippen LogP) is 3.76. The van der Waals surface area contributed by atoms with Crippen molar-refractivity contribution in [2.75, 3.05) is 18.5 Å². The number of rotatable bonds is 5. The molecule has 2 heteroatoms. The van der Waals surface area contributed by atoms with E-state index < -0.39 is 0 Å². The van der Waals surface area contributed by atoms with Crippen LogP contribution in [0, 0.1) is 6.92 Å². The van der Waals surface area contributed by atoms with Gasteiger partial charge in [-0.15, -0.1) is 0 Å². The molecule has 2 nitrogen and oxygen atoms in total. The van der Waals surface area contributed by atoms with Gasteiger partial charge in [0.25, 0.3) is 0 Å². The highest BCUT2D eigenvalue weighted by Gasteiger charge is 2.12. The molecule has 0 aromatic heterocycles. The van der Waals surface area contributed by atoms with E-state index in [1.807, 2.05) is 0 Å². The van der Waals surface area contributed by atoms with Crippen molar-refractivity contribution >= 4 is 5.69 Å². The Morgan fingerprint density at radius 3 is 2.82 bits per heavy atom. The lowest BCUT2D eigenvalue weighted by atomic mass is 9.98. The standard InChI is InChI=1S/C15H23NO/c1-13-6-5-7-14(12-13)16-10-11-17-15-8-3-2-4-9-15/h5-7,12,15-16H,2-4,8-11H2,1H3. The highest BCUT2D eigenvalue weighted by molar-refractivity contribution is 5.45. The fraction of sp³-hybridized carbons (Fsp3) is 0.600. The van der Waals surface area contributed by atoms with E-state index in [-0.39, 0.29) is 0 Å². The van der Waals surface area contributed by atoms with Crippen LogP contribution < -0.4 is 5.32 Å². The second-order valence-electron chi connectivity index (χ2n) is 4.93. The van der Waals surface area contributed by atoms with E-state index in [0.29, 0.717) is 6.10 Å². The van der Waals surface area contributed by atoms with E-state index in [4.69, 9.17) is 4.74 Å². The molecule has 17 heavy (non-hydrogen) atoms. The van der Waals surface area contributed by atoms with Gasteiger partial charge in [-0.25, -0.2) is 0 Å². The monoisotopic (exact) mass is 233 g/mol. The summed E-state index contributed by atoms with van der Waals surface area (Å²) in [5.41, 5.74) is 2.49. The number of aryl methyl sites for hydroxylation is 1. The average Bonchev–Trinajstić information content (AvgIpc) is 2.36. The van der Waals surface area contributed by atoms with E-state index in [1.165, 1.54) is 43.4 Å². The van der Waals surface area contributed by atoms with E-state index in [9.17, 15) is 0 Å². The highest BCUT2D eigenvalue weighted by Crippen LogP contribution is 2.20. The van der Waals surface area contributed by atoms with Gasteiger partial charge in [0.05, 0.1) is 12.7 Å². The summed E-state index contributed by atoms with van der Waals surface area (Å²) in [5.74, 6) is 0. The molecule has 0 bridgehead atoms. The molecule has 0 heterocycles. The molecule has 1 fully saturated rings. The van der Waals surface area contributed by atoms with Gasteiger partial charge in [0.15, 0.2) is 0 Å². The van der Waals surface area contributed by atoms with Crippen LogP contribution in [0.4, 0.5) is 5.69 Å². The molecule has 1 aromatic carbocycles. The normalized spacial score (nSPS) is 17.0. The van der Waals surface area contributed by atoms with Crippen LogP contribution in [0.25, 0.3) is 0 Å². The fourth-order valence-corrected chi connectivity index (χ4v) is 2.41. The first-order chi connectivity index (χ1) is 8.34. The maximum atomic E-state index is 5.87. The number of benzene rings is 1. The van der Waals surface area contributed by atoms with E-state index in [2.05, 4.69) is 36.5 Å². The van der Waals surface area contributed by atoms with Crippen LogP contribution in [0.1, 0.15) is 37.7 Å². The van der Waals surface area contributed by atoms with Crippen LogP contribution in [0.5, 0.6) is 0 Å². The van der Waals surface area contributed by atoms with Crippen molar-refractivity contribution in [1.29, 1.82) is 0 Å². The lowest BCUT2D eigenvalue weighted by Gasteiger charge is -2.22. The zero-order valence-electron chi connectivity index (χ0n) is 10.7. The van der Waals surface area contributed by atoms with Gasteiger partial charge in [-0.3, -0.25) is 0 Å². The molecule has 0 unspecified atom stereocenters. The van der Waals surface area contributed by atoms with Crippen LogP contribution in [-0.2, 0) is 4.74 Å². The Labute approximate surface area is 104 Å². The molecule has 94 valence electrons. The van der Waals surface area contributed by atoms with Gasteiger partial charge in [0.2, 0.25) is 0 Å². The SMILES string of the molecule is Cc1cccc(NCCOC2CCCCC2)c1. The van der Waals surface area contributed by atoms with Gasteiger partial charge >= 0.3 is 0 Å². The molecule has 0 amide bonds. The van der Waals surface area contributed by atoms with E-state index >= 15 is 0 Å². The number of hydrogen-bond donors (Lipinski definition) is 1. The van der Waals surface area contributed by atoms with Crippen LogP contribution in [0.2, 0.25) is 0 Å². The Morgan fingerprint density at radius 1 is 1.24 bits per heavy atom. The first-order valence-corrected chi connectivity index (χ1v) is 6.77. The fourth-order valence-electron chi connectivity index (χ4n) is 2.41. The minimum absolute atomic E-state index is 0.517. The molecule has 0 radical (unpaired) electrons. The molecule has 0 spiro atoms. The zero-order valence-corrected chi connectivity index (χ0v) is 10.7. The highest BCUT2D eigenvalue weighted by atomic mass is 16.5. The number of hydrogen-bond acceptors (Lipinski definition) is 2. The topological polar surface area (TPSA) is 21.3 Å².